The smallest absolute Gasteiger partial charge is 0.116 e. The normalized spacial score (nSPS) is 29.3. The molecule has 1 N–H and O–H groups in total. The van der Waals surface area contributed by atoms with E-state index >= 15 is 0 Å². The van der Waals surface area contributed by atoms with Crippen molar-refractivity contribution in [3.8, 4) is 5.75 Å². The Bertz CT molecular complexity index is 405. The standard InChI is InChI=1S/C12H16N2O/c1-13-6-5-9-10-7-8(15)3-4-11(10)14(2)12(9)13/h3-4,7,9,12,15H,5-6H2,1-2H3. The summed E-state index contributed by atoms with van der Waals surface area (Å²) in [6.45, 7) is 1.15. The van der Waals surface area contributed by atoms with Crippen molar-refractivity contribution >= 4 is 5.69 Å². The summed E-state index contributed by atoms with van der Waals surface area (Å²) < 4.78 is 0. The Balaban J connectivity index is 2.11. The number of likely N-dealkylation sites (tertiary alicyclic amines) is 1. The molecule has 3 rings (SSSR count). The van der Waals surface area contributed by atoms with Gasteiger partial charge in [0.1, 0.15) is 5.75 Å². The van der Waals surface area contributed by atoms with E-state index in [1.807, 2.05) is 12.1 Å². The molecule has 0 bridgehead atoms. The predicted octanol–water partition coefficient (Wildman–Crippen LogP) is 1.59. The van der Waals surface area contributed by atoms with Crippen molar-refractivity contribution in [1.82, 2.24) is 4.90 Å². The Morgan fingerprint density at radius 3 is 2.93 bits per heavy atom. The molecule has 0 radical (unpaired) electrons. The van der Waals surface area contributed by atoms with E-state index in [0.717, 1.165) is 6.54 Å². The summed E-state index contributed by atoms with van der Waals surface area (Å²) in [5, 5.41) is 9.54. The van der Waals surface area contributed by atoms with Gasteiger partial charge in [-0.3, -0.25) is 4.90 Å². The van der Waals surface area contributed by atoms with E-state index in [0.29, 0.717) is 17.8 Å². The molecular weight excluding hydrogens is 188 g/mol. The van der Waals surface area contributed by atoms with Crippen LogP contribution >= 0.6 is 0 Å². The lowest BCUT2D eigenvalue weighted by molar-refractivity contribution is 0.305. The lowest BCUT2D eigenvalue weighted by Crippen LogP contribution is -2.39. The SMILES string of the molecule is CN1CCC2c3cc(O)ccc3N(C)C21. The van der Waals surface area contributed by atoms with E-state index in [4.69, 9.17) is 0 Å². The number of likely N-dealkylation sites (N-methyl/N-ethyl adjacent to an activating group) is 2. The van der Waals surface area contributed by atoms with Crippen LogP contribution in [-0.4, -0.2) is 36.8 Å². The average molecular weight is 204 g/mol. The summed E-state index contributed by atoms with van der Waals surface area (Å²) in [7, 11) is 4.31. The second-order valence-corrected chi connectivity index (χ2v) is 4.64. The summed E-state index contributed by atoms with van der Waals surface area (Å²) in [5.74, 6) is 0.958. The van der Waals surface area contributed by atoms with Gasteiger partial charge in [0.15, 0.2) is 0 Å². The molecule has 80 valence electrons. The lowest BCUT2D eigenvalue weighted by atomic mass is 9.98. The molecule has 1 aromatic rings. The number of phenolic OH excluding ortho intramolecular Hbond substituents is 1. The fraction of sp³-hybridized carbons (Fsp3) is 0.500. The molecule has 0 amide bonds. The first-order valence-electron chi connectivity index (χ1n) is 5.44. The highest BCUT2D eigenvalue weighted by molar-refractivity contribution is 5.63. The predicted molar refractivity (Wildman–Crippen MR) is 60.3 cm³/mol. The number of benzene rings is 1. The number of anilines is 1. The largest absolute Gasteiger partial charge is 0.508 e. The van der Waals surface area contributed by atoms with Gasteiger partial charge in [0.2, 0.25) is 0 Å². The zero-order valence-corrected chi connectivity index (χ0v) is 9.14. The average Bonchev–Trinajstić information content (AvgIpc) is 2.70. The molecule has 0 saturated carbocycles. The molecule has 3 nitrogen and oxygen atoms in total. The van der Waals surface area contributed by atoms with Crippen LogP contribution in [0.1, 0.15) is 17.9 Å². The maximum Gasteiger partial charge on any atom is 0.116 e. The van der Waals surface area contributed by atoms with Gasteiger partial charge in [0.05, 0.1) is 6.17 Å². The van der Waals surface area contributed by atoms with Crippen molar-refractivity contribution in [2.75, 3.05) is 25.5 Å². The maximum absolute atomic E-state index is 9.54. The third-order valence-corrected chi connectivity index (χ3v) is 3.79. The van der Waals surface area contributed by atoms with Crippen LogP contribution in [0.5, 0.6) is 5.75 Å². The van der Waals surface area contributed by atoms with Gasteiger partial charge in [-0.1, -0.05) is 0 Å². The zero-order chi connectivity index (χ0) is 10.6. The molecule has 1 saturated heterocycles. The Morgan fingerprint density at radius 2 is 2.13 bits per heavy atom. The van der Waals surface area contributed by atoms with Gasteiger partial charge in [-0.15, -0.1) is 0 Å². The Kier molecular flexibility index (Phi) is 1.74. The van der Waals surface area contributed by atoms with E-state index < -0.39 is 0 Å². The second kappa shape index (κ2) is 2.89. The van der Waals surface area contributed by atoms with Crippen LogP contribution < -0.4 is 4.90 Å². The fourth-order valence-corrected chi connectivity index (χ4v) is 3.12. The van der Waals surface area contributed by atoms with Gasteiger partial charge in [-0.2, -0.15) is 0 Å². The monoisotopic (exact) mass is 204 g/mol. The Hall–Kier alpha value is -1.22. The van der Waals surface area contributed by atoms with E-state index in [1.165, 1.54) is 17.7 Å². The summed E-state index contributed by atoms with van der Waals surface area (Å²) in [6.07, 6.45) is 1.68. The second-order valence-electron chi connectivity index (χ2n) is 4.64. The van der Waals surface area contributed by atoms with Gasteiger partial charge in [0, 0.05) is 25.2 Å². The summed E-state index contributed by atoms with van der Waals surface area (Å²) in [5.41, 5.74) is 2.58. The van der Waals surface area contributed by atoms with Crippen LogP contribution in [0.3, 0.4) is 0 Å². The molecule has 0 aromatic heterocycles. The summed E-state index contributed by atoms with van der Waals surface area (Å²) >= 11 is 0. The van der Waals surface area contributed by atoms with Crippen LogP contribution in [-0.2, 0) is 0 Å². The molecule has 2 heterocycles. The Labute approximate surface area is 89.9 Å². The first-order valence-corrected chi connectivity index (χ1v) is 5.44. The van der Waals surface area contributed by atoms with Gasteiger partial charge in [0.25, 0.3) is 0 Å². The maximum atomic E-state index is 9.54. The number of rotatable bonds is 0. The number of aromatic hydroxyl groups is 1. The molecular formula is C12H16N2O. The summed E-state index contributed by atoms with van der Waals surface area (Å²) in [4.78, 5) is 4.72. The van der Waals surface area contributed by atoms with Crippen molar-refractivity contribution < 1.29 is 5.11 Å². The van der Waals surface area contributed by atoms with Gasteiger partial charge in [-0.05, 0) is 37.2 Å². The zero-order valence-electron chi connectivity index (χ0n) is 9.14. The highest BCUT2D eigenvalue weighted by atomic mass is 16.3. The van der Waals surface area contributed by atoms with Gasteiger partial charge >= 0.3 is 0 Å². The molecule has 2 aliphatic rings. The molecule has 2 unspecified atom stereocenters. The minimum absolute atomic E-state index is 0.386. The number of hydrogen-bond acceptors (Lipinski definition) is 3. The molecule has 0 spiro atoms. The van der Waals surface area contributed by atoms with E-state index in [1.54, 1.807) is 6.07 Å². The van der Waals surface area contributed by atoms with Crippen molar-refractivity contribution in [2.24, 2.45) is 0 Å². The minimum Gasteiger partial charge on any atom is -0.508 e. The van der Waals surface area contributed by atoms with E-state index in [-0.39, 0.29) is 0 Å². The van der Waals surface area contributed by atoms with E-state index in [9.17, 15) is 5.11 Å². The van der Waals surface area contributed by atoms with Crippen molar-refractivity contribution in [1.29, 1.82) is 0 Å². The quantitative estimate of drug-likeness (QED) is 0.695. The number of fused-ring (bicyclic) bond motifs is 3. The molecule has 3 heteroatoms. The molecule has 2 atom stereocenters. The number of nitrogens with zero attached hydrogens (tertiary/aromatic N) is 2. The van der Waals surface area contributed by atoms with Gasteiger partial charge in [-0.25, -0.2) is 0 Å². The molecule has 2 aliphatic heterocycles. The number of phenols is 1. The van der Waals surface area contributed by atoms with E-state index in [2.05, 4.69) is 23.9 Å². The molecule has 0 aliphatic carbocycles. The van der Waals surface area contributed by atoms with Crippen molar-refractivity contribution in [3.63, 3.8) is 0 Å². The topological polar surface area (TPSA) is 26.7 Å². The first kappa shape index (κ1) is 9.04. The molecule has 15 heavy (non-hydrogen) atoms. The van der Waals surface area contributed by atoms with Crippen molar-refractivity contribution in [3.05, 3.63) is 23.8 Å². The molecule has 1 fully saturated rings. The third kappa shape index (κ3) is 1.10. The first-order chi connectivity index (χ1) is 7.18. The lowest BCUT2D eigenvalue weighted by Gasteiger charge is -2.28. The highest BCUT2D eigenvalue weighted by Gasteiger charge is 2.42. The third-order valence-electron chi connectivity index (χ3n) is 3.79. The summed E-state index contributed by atoms with van der Waals surface area (Å²) in [6, 6.07) is 5.73. The van der Waals surface area contributed by atoms with Crippen LogP contribution in [0.2, 0.25) is 0 Å². The minimum atomic E-state index is 0.386. The van der Waals surface area contributed by atoms with Crippen LogP contribution in [0, 0.1) is 0 Å². The van der Waals surface area contributed by atoms with Crippen LogP contribution in [0.4, 0.5) is 5.69 Å². The number of hydrogen-bond donors (Lipinski definition) is 1. The van der Waals surface area contributed by atoms with Crippen LogP contribution in [0.15, 0.2) is 18.2 Å². The Morgan fingerprint density at radius 1 is 1.33 bits per heavy atom. The molecule has 1 aromatic carbocycles. The highest BCUT2D eigenvalue weighted by Crippen LogP contribution is 2.47. The van der Waals surface area contributed by atoms with Crippen LogP contribution in [0.25, 0.3) is 0 Å². The fourth-order valence-electron chi connectivity index (χ4n) is 3.12. The van der Waals surface area contributed by atoms with Crippen molar-refractivity contribution in [2.45, 2.75) is 18.5 Å². The van der Waals surface area contributed by atoms with Gasteiger partial charge < -0.3 is 10.0 Å².